The van der Waals surface area contributed by atoms with Gasteiger partial charge >= 0.3 is 0 Å². The molecule has 0 amide bonds. The van der Waals surface area contributed by atoms with Crippen molar-refractivity contribution in [3.63, 3.8) is 0 Å². The third kappa shape index (κ3) is 2.76. The van der Waals surface area contributed by atoms with E-state index in [1.54, 1.807) is 0 Å². The summed E-state index contributed by atoms with van der Waals surface area (Å²) in [5.74, 6) is 1.17. The summed E-state index contributed by atoms with van der Waals surface area (Å²) in [6.45, 7) is 0. The Morgan fingerprint density at radius 1 is 1.45 bits per heavy atom. The number of thioether (sulfide) groups is 1. The van der Waals surface area contributed by atoms with Gasteiger partial charge in [0.15, 0.2) is 0 Å². The number of nitrogens with one attached hydrogen (secondary N) is 1. The molecule has 1 aliphatic rings. The summed E-state index contributed by atoms with van der Waals surface area (Å²) in [5.41, 5.74) is 1.50. The highest BCUT2D eigenvalue weighted by Gasteiger charge is 2.28. The van der Waals surface area contributed by atoms with Crippen molar-refractivity contribution in [1.29, 1.82) is 0 Å². The summed E-state index contributed by atoms with van der Waals surface area (Å²) in [4.78, 5) is 5.87. The Labute approximate surface area is 124 Å². The maximum Gasteiger partial charge on any atom is 0.108 e. The molecule has 1 N–H and O–H groups in total. The summed E-state index contributed by atoms with van der Waals surface area (Å²) in [6, 6.07) is 9.31. The normalized spacial score (nSPS) is 19.0. The minimum Gasteiger partial charge on any atom is -0.338 e. The quantitative estimate of drug-likeness (QED) is 0.917. The van der Waals surface area contributed by atoms with Crippen molar-refractivity contribution in [1.82, 2.24) is 14.9 Å². The molecular formula is C16H21N3S. The molecule has 106 valence electrons. The summed E-state index contributed by atoms with van der Waals surface area (Å²) >= 11 is 2.02. The second kappa shape index (κ2) is 6.02. The molecule has 2 heterocycles. The molecule has 0 radical (unpaired) electrons. The Morgan fingerprint density at radius 2 is 2.30 bits per heavy atom. The topological polar surface area (TPSA) is 29.9 Å². The van der Waals surface area contributed by atoms with Crippen LogP contribution in [0.1, 0.15) is 17.8 Å². The van der Waals surface area contributed by atoms with Gasteiger partial charge in [-0.2, -0.15) is 0 Å². The van der Waals surface area contributed by atoms with E-state index >= 15 is 0 Å². The Morgan fingerprint density at radius 3 is 3.00 bits per heavy atom. The van der Waals surface area contributed by atoms with E-state index < -0.39 is 0 Å². The zero-order valence-electron chi connectivity index (χ0n) is 12.0. The van der Waals surface area contributed by atoms with Crippen molar-refractivity contribution in [3.05, 3.63) is 48.0 Å². The van der Waals surface area contributed by atoms with Gasteiger partial charge in [0.25, 0.3) is 0 Å². The summed E-state index contributed by atoms with van der Waals surface area (Å²) < 4.78 is 2.11. The first-order valence-corrected chi connectivity index (χ1v) is 8.04. The minimum absolute atomic E-state index is 0.532. The number of aromatic nitrogens is 2. The fraction of sp³-hybridized carbons (Fsp3) is 0.438. The first kappa shape index (κ1) is 13.7. The Bertz CT molecular complexity index is 554. The molecule has 1 aliphatic heterocycles. The molecule has 0 saturated heterocycles. The van der Waals surface area contributed by atoms with Crippen molar-refractivity contribution >= 4 is 11.8 Å². The van der Waals surface area contributed by atoms with Gasteiger partial charge in [-0.15, -0.1) is 11.8 Å². The van der Waals surface area contributed by atoms with Crippen molar-refractivity contribution in [2.75, 3.05) is 7.05 Å². The second-order valence-corrected chi connectivity index (χ2v) is 6.64. The molecule has 0 spiro atoms. The first-order valence-electron chi connectivity index (χ1n) is 7.16. The van der Waals surface area contributed by atoms with Crippen molar-refractivity contribution in [2.24, 2.45) is 7.05 Å². The van der Waals surface area contributed by atoms with Crippen LogP contribution in [0.2, 0.25) is 0 Å². The van der Waals surface area contributed by atoms with E-state index in [0.29, 0.717) is 11.3 Å². The fourth-order valence-corrected chi connectivity index (χ4v) is 4.36. The third-order valence-electron chi connectivity index (χ3n) is 4.09. The van der Waals surface area contributed by atoms with Crippen molar-refractivity contribution in [3.8, 4) is 0 Å². The van der Waals surface area contributed by atoms with Crippen LogP contribution in [0, 0.1) is 0 Å². The molecule has 2 atom stereocenters. The van der Waals surface area contributed by atoms with E-state index in [9.17, 15) is 0 Å². The highest BCUT2D eigenvalue weighted by Crippen LogP contribution is 2.39. The summed E-state index contributed by atoms with van der Waals surface area (Å²) in [7, 11) is 4.14. The predicted molar refractivity (Wildman–Crippen MR) is 84.2 cm³/mol. The average Bonchev–Trinajstić information content (AvgIpc) is 3.06. The smallest absolute Gasteiger partial charge is 0.108 e. The van der Waals surface area contributed by atoms with Crippen LogP contribution in [0.5, 0.6) is 0 Å². The van der Waals surface area contributed by atoms with Gasteiger partial charge < -0.3 is 9.88 Å². The largest absolute Gasteiger partial charge is 0.338 e. The monoisotopic (exact) mass is 287 g/mol. The van der Waals surface area contributed by atoms with Crippen LogP contribution < -0.4 is 5.32 Å². The second-order valence-electron chi connectivity index (χ2n) is 5.36. The molecule has 2 unspecified atom stereocenters. The lowest BCUT2D eigenvalue weighted by Crippen LogP contribution is -2.36. The molecular weight excluding hydrogens is 266 g/mol. The number of benzene rings is 1. The number of hydrogen-bond acceptors (Lipinski definition) is 3. The van der Waals surface area contributed by atoms with Gasteiger partial charge in [0.2, 0.25) is 0 Å². The van der Waals surface area contributed by atoms with E-state index in [-0.39, 0.29) is 0 Å². The van der Waals surface area contributed by atoms with Gasteiger partial charge in [-0.1, -0.05) is 18.2 Å². The molecule has 2 aromatic rings. The standard InChI is InChI=1S/C16H21N3S/c1-17-13(7-8-16-18-9-10-19(16)2)15-11-12-5-3-4-6-14(12)20-15/h3-6,9-10,13,15,17H,7-8,11H2,1-2H3. The number of aryl methyl sites for hydroxylation is 2. The number of imidazole rings is 1. The molecule has 3 nitrogen and oxygen atoms in total. The highest BCUT2D eigenvalue weighted by atomic mass is 32.2. The summed E-state index contributed by atoms with van der Waals surface area (Å²) in [5, 5.41) is 4.14. The molecule has 0 saturated carbocycles. The Kier molecular flexibility index (Phi) is 4.13. The highest BCUT2D eigenvalue weighted by molar-refractivity contribution is 8.00. The molecule has 0 aliphatic carbocycles. The maximum atomic E-state index is 4.42. The fourth-order valence-electron chi connectivity index (χ4n) is 2.87. The molecule has 1 aromatic carbocycles. The van der Waals surface area contributed by atoms with Gasteiger partial charge in [-0.3, -0.25) is 0 Å². The van der Waals surface area contributed by atoms with E-state index in [4.69, 9.17) is 0 Å². The van der Waals surface area contributed by atoms with Crippen LogP contribution >= 0.6 is 11.8 Å². The van der Waals surface area contributed by atoms with Gasteiger partial charge in [-0.05, 0) is 31.5 Å². The molecule has 20 heavy (non-hydrogen) atoms. The van der Waals surface area contributed by atoms with Crippen LogP contribution in [0.25, 0.3) is 0 Å². The van der Waals surface area contributed by atoms with Crippen molar-refractivity contribution in [2.45, 2.75) is 35.4 Å². The van der Waals surface area contributed by atoms with Crippen LogP contribution in [0.4, 0.5) is 0 Å². The molecule has 4 heteroatoms. The van der Waals surface area contributed by atoms with Crippen molar-refractivity contribution < 1.29 is 0 Å². The third-order valence-corrected chi connectivity index (χ3v) is 5.54. The van der Waals surface area contributed by atoms with E-state index in [0.717, 1.165) is 12.8 Å². The van der Waals surface area contributed by atoms with Crippen LogP contribution in [0.15, 0.2) is 41.6 Å². The van der Waals surface area contributed by atoms with Gasteiger partial charge in [0.1, 0.15) is 5.82 Å². The Hall–Kier alpha value is -1.26. The molecule has 0 bridgehead atoms. The molecule has 1 aromatic heterocycles. The van der Waals surface area contributed by atoms with Gasteiger partial charge in [-0.25, -0.2) is 4.98 Å². The molecule has 3 rings (SSSR count). The lowest BCUT2D eigenvalue weighted by atomic mass is 10.0. The first-order chi connectivity index (χ1) is 9.78. The lowest BCUT2D eigenvalue weighted by molar-refractivity contribution is 0.495. The van der Waals surface area contributed by atoms with Crippen LogP contribution in [-0.4, -0.2) is 27.9 Å². The predicted octanol–water partition coefficient (Wildman–Crippen LogP) is 2.66. The zero-order valence-corrected chi connectivity index (χ0v) is 12.9. The lowest BCUT2D eigenvalue weighted by Gasteiger charge is -2.22. The van der Waals surface area contributed by atoms with Crippen LogP contribution in [-0.2, 0) is 19.9 Å². The maximum absolute atomic E-state index is 4.42. The number of hydrogen-bond donors (Lipinski definition) is 1. The van der Waals surface area contributed by atoms with Gasteiger partial charge in [0, 0.05) is 42.0 Å². The van der Waals surface area contributed by atoms with E-state index in [2.05, 4.69) is 53.2 Å². The molecule has 0 fully saturated rings. The Balaban J connectivity index is 1.62. The number of nitrogens with zero attached hydrogens (tertiary/aromatic N) is 2. The van der Waals surface area contributed by atoms with E-state index in [1.807, 2.05) is 24.2 Å². The zero-order chi connectivity index (χ0) is 13.9. The number of rotatable bonds is 5. The number of fused-ring (bicyclic) bond motifs is 1. The SMILES string of the molecule is CNC(CCc1nccn1C)C1Cc2ccccc2S1. The van der Waals surface area contributed by atoms with Gasteiger partial charge in [0.05, 0.1) is 0 Å². The average molecular weight is 287 g/mol. The van der Waals surface area contributed by atoms with E-state index in [1.165, 1.54) is 22.7 Å². The van der Waals surface area contributed by atoms with Crippen LogP contribution in [0.3, 0.4) is 0 Å². The summed E-state index contributed by atoms with van der Waals surface area (Å²) in [6.07, 6.45) is 7.23. The minimum atomic E-state index is 0.532.